The van der Waals surface area contributed by atoms with Crippen LogP contribution in [0.25, 0.3) is 32.4 Å². The largest absolute Gasteiger partial charge is 0.497 e. The molecule has 0 amide bonds. The third kappa shape index (κ3) is 4.67. The van der Waals surface area contributed by atoms with E-state index in [1.807, 2.05) is 6.07 Å². The van der Waals surface area contributed by atoms with E-state index in [1.54, 1.807) is 32.2 Å². The van der Waals surface area contributed by atoms with Gasteiger partial charge in [0, 0.05) is 10.9 Å². The van der Waals surface area contributed by atoms with Gasteiger partial charge in [0.1, 0.15) is 5.75 Å². The Morgan fingerprint density at radius 2 is 1.84 bits per heavy atom. The quantitative estimate of drug-likeness (QED) is 0.226. The van der Waals surface area contributed by atoms with Crippen molar-refractivity contribution >= 4 is 37.6 Å². The van der Waals surface area contributed by atoms with Crippen LogP contribution in [0.5, 0.6) is 11.5 Å². The first kappa shape index (κ1) is 25.3. The van der Waals surface area contributed by atoms with Crippen LogP contribution in [0.1, 0.15) is 15.9 Å². The topological polar surface area (TPSA) is 158 Å². The molecular weight excluding hydrogens is 534 g/mol. The number of methoxy groups -OCH3 is 2. The molecule has 0 aliphatic heterocycles. The average Bonchev–Trinajstić information content (AvgIpc) is 3.51. The second kappa shape index (κ2) is 9.48. The van der Waals surface area contributed by atoms with Crippen molar-refractivity contribution in [1.82, 2.24) is 20.0 Å². The minimum Gasteiger partial charge on any atom is -0.497 e. The lowest BCUT2D eigenvalue weighted by Gasteiger charge is -2.05. The molecule has 0 atom stereocenters. The number of aromatic nitrogens is 5. The standard InChI is InChI=1S/C24H19N5O7S2/c1-13-8-15(10-17(9-13)38(32,33)34)22-26-28(19-11-14(23(30)31)4-7-20(19)36-3)29(27-22)24-25-18-6-5-16(35-2)12-21(18)37-24/h4-12H,1-3H3,(H-,30,31,32,33,34)/p+1. The van der Waals surface area contributed by atoms with Gasteiger partial charge in [0.2, 0.25) is 5.69 Å². The number of thiazole rings is 1. The monoisotopic (exact) mass is 554 g/mol. The highest BCUT2D eigenvalue weighted by atomic mass is 32.2. The van der Waals surface area contributed by atoms with E-state index < -0.39 is 16.1 Å². The third-order valence-corrected chi connectivity index (χ3v) is 7.38. The molecule has 194 valence electrons. The Hall–Kier alpha value is -4.40. The highest BCUT2D eigenvalue weighted by Crippen LogP contribution is 2.29. The number of carboxylic acids is 1. The van der Waals surface area contributed by atoms with Crippen molar-refractivity contribution in [2.75, 3.05) is 14.2 Å². The fourth-order valence-electron chi connectivity index (χ4n) is 3.79. The number of benzene rings is 3. The van der Waals surface area contributed by atoms with E-state index in [2.05, 4.69) is 15.2 Å². The van der Waals surface area contributed by atoms with Crippen molar-refractivity contribution < 1.29 is 37.1 Å². The van der Waals surface area contributed by atoms with Gasteiger partial charge < -0.3 is 14.6 Å². The van der Waals surface area contributed by atoms with Gasteiger partial charge >= 0.3 is 11.8 Å². The summed E-state index contributed by atoms with van der Waals surface area (Å²) < 4.78 is 44.9. The van der Waals surface area contributed by atoms with E-state index in [9.17, 15) is 22.9 Å². The Bertz CT molecular complexity index is 1830. The number of fused-ring (bicyclic) bond motifs is 1. The minimum atomic E-state index is -4.49. The molecule has 0 aliphatic carbocycles. The number of ether oxygens (including phenoxy) is 2. The number of carbonyl (C=O) groups is 1. The van der Waals surface area contributed by atoms with Crippen molar-refractivity contribution in [1.29, 1.82) is 0 Å². The molecule has 0 saturated heterocycles. The van der Waals surface area contributed by atoms with Crippen LogP contribution >= 0.6 is 11.3 Å². The van der Waals surface area contributed by atoms with E-state index in [0.29, 0.717) is 33.3 Å². The van der Waals surface area contributed by atoms with Gasteiger partial charge in [-0.3, -0.25) is 4.55 Å². The molecule has 14 heteroatoms. The van der Waals surface area contributed by atoms with Crippen LogP contribution in [0.15, 0.2) is 59.5 Å². The number of nitrogens with zero attached hydrogens (tertiary/aromatic N) is 5. The lowest BCUT2D eigenvalue weighted by molar-refractivity contribution is -0.734. The van der Waals surface area contributed by atoms with Crippen molar-refractivity contribution in [3.8, 4) is 33.7 Å². The molecule has 0 spiro atoms. The number of aryl methyl sites for hydroxylation is 1. The maximum Gasteiger partial charge on any atom is 0.340 e. The van der Waals surface area contributed by atoms with Crippen LogP contribution < -0.4 is 14.3 Å². The van der Waals surface area contributed by atoms with Crippen LogP contribution in [0.2, 0.25) is 0 Å². The maximum atomic E-state index is 11.8. The van der Waals surface area contributed by atoms with Crippen LogP contribution in [0, 0.1) is 6.92 Å². The minimum absolute atomic E-state index is 0.0114. The van der Waals surface area contributed by atoms with Gasteiger partial charge in [-0.15, -0.1) is 0 Å². The molecule has 2 heterocycles. The van der Waals surface area contributed by atoms with Crippen LogP contribution in [0.4, 0.5) is 0 Å². The Labute approximate surface area is 220 Å². The Morgan fingerprint density at radius 3 is 2.53 bits per heavy atom. The Morgan fingerprint density at radius 1 is 1.05 bits per heavy atom. The Balaban J connectivity index is 1.79. The fraction of sp³-hybridized carbons (Fsp3) is 0.125. The number of carboxylic acid groups (broad SMARTS) is 1. The SMILES string of the molecule is COc1ccc2nc(-n3nc(-c4cc(C)cc(S(=O)(=O)O)c4)n[n+]3-c3cc(C(=O)O)ccc3OC)sc2c1. The fourth-order valence-corrected chi connectivity index (χ4v) is 5.33. The summed E-state index contributed by atoms with van der Waals surface area (Å²) in [7, 11) is -1.49. The molecular formula is C24H20N5O7S2+. The van der Waals surface area contributed by atoms with Gasteiger partial charge in [0.15, 0.2) is 5.75 Å². The first-order valence-corrected chi connectivity index (χ1v) is 13.2. The molecule has 2 aromatic heterocycles. The summed E-state index contributed by atoms with van der Waals surface area (Å²) >= 11 is 1.29. The van der Waals surface area contributed by atoms with Crippen molar-refractivity contribution in [2.45, 2.75) is 11.8 Å². The van der Waals surface area contributed by atoms with Crippen LogP contribution in [-0.2, 0) is 10.1 Å². The summed E-state index contributed by atoms with van der Waals surface area (Å²) in [6, 6.07) is 13.9. The highest BCUT2D eigenvalue weighted by Gasteiger charge is 2.29. The molecule has 5 rings (SSSR count). The molecule has 2 N–H and O–H groups in total. The number of rotatable bonds is 7. The molecule has 5 aromatic rings. The number of hydrogen-bond donors (Lipinski definition) is 2. The average molecular weight is 555 g/mol. The third-order valence-electron chi connectivity index (χ3n) is 5.56. The molecule has 0 unspecified atom stereocenters. The lowest BCUT2D eigenvalue weighted by Crippen LogP contribution is -2.43. The predicted molar refractivity (Wildman–Crippen MR) is 136 cm³/mol. The molecule has 38 heavy (non-hydrogen) atoms. The van der Waals surface area contributed by atoms with E-state index in [4.69, 9.17) is 9.47 Å². The maximum absolute atomic E-state index is 11.8. The molecule has 0 aliphatic rings. The number of hydrogen-bond acceptors (Lipinski definition) is 9. The normalized spacial score (nSPS) is 11.6. The summed E-state index contributed by atoms with van der Waals surface area (Å²) in [6.45, 7) is 1.67. The zero-order valence-electron chi connectivity index (χ0n) is 20.2. The van der Waals surface area contributed by atoms with Gasteiger partial charge in [0.25, 0.3) is 15.2 Å². The predicted octanol–water partition coefficient (Wildman–Crippen LogP) is 3.09. The van der Waals surface area contributed by atoms with Crippen molar-refractivity contribution in [3.63, 3.8) is 0 Å². The molecule has 0 saturated carbocycles. The highest BCUT2D eigenvalue weighted by molar-refractivity contribution is 7.85. The summed E-state index contributed by atoms with van der Waals surface area (Å²) in [5.74, 6) is -0.0957. The smallest absolute Gasteiger partial charge is 0.340 e. The zero-order valence-corrected chi connectivity index (χ0v) is 21.8. The van der Waals surface area contributed by atoms with E-state index in [0.717, 1.165) is 4.70 Å². The van der Waals surface area contributed by atoms with Crippen molar-refractivity contribution in [2.24, 2.45) is 0 Å². The zero-order chi connectivity index (χ0) is 27.2. The first-order chi connectivity index (χ1) is 18.1. The summed E-state index contributed by atoms with van der Waals surface area (Å²) in [5, 5.41) is 19.1. The lowest BCUT2D eigenvalue weighted by atomic mass is 10.1. The summed E-state index contributed by atoms with van der Waals surface area (Å²) in [4.78, 5) is 18.7. The molecule has 0 fully saturated rings. The second-order valence-electron chi connectivity index (χ2n) is 8.13. The molecule has 0 radical (unpaired) electrons. The van der Waals surface area contributed by atoms with Crippen LogP contribution in [-0.4, -0.2) is 58.2 Å². The van der Waals surface area contributed by atoms with Gasteiger partial charge in [0.05, 0.1) is 45.6 Å². The summed E-state index contributed by atoms with van der Waals surface area (Å²) in [5.41, 5.74) is 1.77. The molecule has 3 aromatic carbocycles. The summed E-state index contributed by atoms with van der Waals surface area (Å²) in [6.07, 6.45) is 0. The van der Waals surface area contributed by atoms with Gasteiger partial charge in [-0.05, 0) is 70.9 Å². The second-order valence-corrected chi connectivity index (χ2v) is 10.6. The van der Waals surface area contributed by atoms with E-state index in [1.165, 1.54) is 58.4 Å². The number of aromatic carboxylic acids is 1. The van der Waals surface area contributed by atoms with Crippen molar-refractivity contribution in [3.05, 3.63) is 65.7 Å². The Kier molecular flexibility index (Phi) is 6.30. The van der Waals surface area contributed by atoms with E-state index >= 15 is 0 Å². The molecule has 0 bridgehead atoms. The first-order valence-electron chi connectivity index (χ1n) is 10.9. The van der Waals surface area contributed by atoms with Gasteiger partial charge in [-0.2, -0.15) is 8.42 Å². The number of tetrazole rings is 1. The van der Waals surface area contributed by atoms with Crippen LogP contribution in [0.3, 0.4) is 0 Å². The van der Waals surface area contributed by atoms with Gasteiger partial charge in [-0.1, -0.05) is 11.3 Å². The van der Waals surface area contributed by atoms with E-state index in [-0.39, 0.29) is 22.0 Å². The van der Waals surface area contributed by atoms with Gasteiger partial charge in [-0.25, -0.2) is 9.78 Å². The molecule has 12 nitrogen and oxygen atoms in total.